The van der Waals surface area contributed by atoms with Crippen LogP contribution < -0.4 is 14.8 Å². The van der Waals surface area contributed by atoms with Crippen molar-refractivity contribution in [2.75, 3.05) is 27.7 Å². The van der Waals surface area contributed by atoms with E-state index in [-0.39, 0.29) is 30.5 Å². The van der Waals surface area contributed by atoms with Crippen LogP contribution in [-0.4, -0.2) is 44.7 Å². The number of rotatable bonds is 8. The molecular formula is C21H29ClN2O3. The number of carbonyl (C=O) groups excluding carboxylic acids is 1. The van der Waals surface area contributed by atoms with Crippen LogP contribution in [0.3, 0.4) is 0 Å². The van der Waals surface area contributed by atoms with Gasteiger partial charge in [0.15, 0.2) is 0 Å². The number of para-hydroxylation sites is 1. The lowest BCUT2D eigenvalue weighted by Crippen LogP contribution is -2.34. The molecule has 0 aliphatic heterocycles. The Balaban J connectivity index is 0.00000364. The van der Waals surface area contributed by atoms with Gasteiger partial charge in [-0.2, -0.15) is 0 Å². The molecule has 1 amide bonds. The molecular weight excluding hydrogens is 364 g/mol. The summed E-state index contributed by atoms with van der Waals surface area (Å²) in [6, 6.07) is 15.1. The minimum absolute atomic E-state index is 0. The average molecular weight is 393 g/mol. The summed E-state index contributed by atoms with van der Waals surface area (Å²) in [6.45, 7) is 4.43. The summed E-state index contributed by atoms with van der Waals surface area (Å²) < 4.78 is 11.1. The normalized spacial score (nSPS) is 11.7. The van der Waals surface area contributed by atoms with E-state index in [0.29, 0.717) is 12.1 Å². The number of ether oxygens (including phenoxy) is 2. The van der Waals surface area contributed by atoms with E-state index in [0.717, 1.165) is 17.1 Å². The van der Waals surface area contributed by atoms with Crippen molar-refractivity contribution < 1.29 is 14.3 Å². The molecule has 1 unspecified atom stereocenters. The molecule has 0 radical (unpaired) electrons. The first-order valence-corrected chi connectivity index (χ1v) is 8.76. The Hall–Kier alpha value is -2.24. The maximum Gasteiger partial charge on any atom is 0.251 e. The van der Waals surface area contributed by atoms with Gasteiger partial charge in [0.05, 0.1) is 19.3 Å². The summed E-state index contributed by atoms with van der Waals surface area (Å²) in [5.41, 5.74) is 1.65. The molecule has 0 heterocycles. The Kier molecular flexibility index (Phi) is 9.12. The Labute approximate surface area is 168 Å². The summed E-state index contributed by atoms with van der Waals surface area (Å²) in [4.78, 5) is 14.6. The standard InChI is InChI=1S/C21H28N2O3.ClH/c1-15(2)26-17-12-10-16(11-13-17)21(24)22-14-19(23(3)4)18-8-6-7-9-20(18)25-5;/h6-13,15,19H,14H2,1-5H3,(H,22,24);1H. The number of halogens is 1. The van der Waals surface area contributed by atoms with E-state index < -0.39 is 0 Å². The third-order valence-electron chi connectivity index (χ3n) is 4.07. The van der Waals surface area contributed by atoms with Crippen LogP contribution in [0.5, 0.6) is 11.5 Å². The second kappa shape index (κ2) is 10.8. The number of nitrogens with zero attached hydrogens (tertiary/aromatic N) is 1. The molecule has 5 nitrogen and oxygen atoms in total. The highest BCUT2D eigenvalue weighted by Gasteiger charge is 2.19. The second-order valence-electron chi connectivity index (χ2n) is 6.62. The molecule has 0 aliphatic rings. The molecule has 148 valence electrons. The van der Waals surface area contributed by atoms with Crippen molar-refractivity contribution in [3.8, 4) is 11.5 Å². The minimum Gasteiger partial charge on any atom is -0.496 e. The van der Waals surface area contributed by atoms with Crippen LogP contribution in [0.25, 0.3) is 0 Å². The van der Waals surface area contributed by atoms with Gasteiger partial charge in [-0.15, -0.1) is 12.4 Å². The number of benzene rings is 2. The summed E-state index contributed by atoms with van der Waals surface area (Å²) >= 11 is 0. The molecule has 2 aromatic rings. The fraction of sp³-hybridized carbons (Fsp3) is 0.381. The van der Waals surface area contributed by atoms with E-state index in [1.807, 2.05) is 64.3 Å². The number of hydrogen-bond donors (Lipinski definition) is 1. The van der Waals surface area contributed by atoms with E-state index in [1.54, 1.807) is 19.2 Å². The maximum atomic E-state index is 12.5. The van der Waals surface area contributed by atoms with Gasteiger partial charge >= 0.3 is 0 Å². The molecule has 0 aliphatic carbocycles. The molecule has 0 fully saturated rings. The zero-order chi connectivity index (χ0) is 19.1. The SMILES string of the molecule is COc1ccccc1C(CNC(=O)c1ccc(OC(C)C)cc1)N(C)C.Cl. The van der Waals surface area contributed by atoms with Crippen molar-refractivity contribution in [1.82, 2.24) is 10.2 Å². The number of likely N-dealkylation sites (N-methyl/N-ethyl adjacent to an activating group) is 1. The molecule has 6 heteroatoms. The van der Waals surface area contributed by atoms with E-state index in [2.05, 4.69) is 10.2 Å². The fourth-order valence-electron chi connectivity index (χ4n) is 2.76. The summed E-state index contributed by atoms with van der Waals surface area (Å²) in [7, 11) is 5.63. The topological polar surface area (TPSA) is 50.8 Å². The zero-order valence-electron chi connectivity index (χ0n) is 16.6. The quantitative estimate of drug-likeness (QED) is 0.739. The van der Waals surface area contributed by atoms with Crippen LogP contribution in [-0.2, 0) is 0 Å². The first kappa shape index (κ1) is 22.8. The van der Waals surface area contributed by atoms with E-state index in [9.17, 15) is 4.79 Å². The van der Waals surface area contributed by atoms with Gasteiger partial charge in [0.2, 0.25) is 0 Å². The Bertz CT molecular complexity index is 718. The first-order valence-electron chi connectivity index (χ1n) is 8.76. The van der Waals surface area contributed by atoms with Crippen LogP contribution in [0, 0.1) is 0 Å². The number of nitrogens with one attached hydrogen (secondary N) is 1. The molecule has 2 aromatic carbocycles. The lowest BCUT2D eigenvalue weighted by Gasteiger charge is -2.26. The van der Waals surface area contributed by atoms with Gasteiger partial charge in [-0.05, 0) is 58.3 Å². The van der Waals surface area contributed by atoms with Crippen molar-refractivity contribution in [1.29, 1.82) is 0 Å². The van der Waals surface area contributed by atoms with Crippen molar-refractivity contribution in [2.24, 2.45) is 0 Å². The lowest BCUT2D eigenvalue weighted by atomic mass is 10.0. The van der Waals surface area contributed by atoms with Gasteiger partial charge in [0.25, 0.3) is 5.91 Å². The van der Waals surface area contributed by atoms with Gasteiger partial charge in [-0.1, -0.05) is 18.2 Å². The average Bonchev–Trinajstić information content (AvgIpc) is 2.62. The lowest BCUT2D eigenvalue weighted by molar-refractivity contribution is 0.0941. The second-order valence-corrected chi connectivity index (χ2v) is 6.62. The van der Waals surface area contributed by atoms with Gasteiger partial charge in [-0.25, -0.2) is 0 Å². The monoisotopic (exact) mass is 392 g/mol. The molecule has 0 spiro atoms. The largest absolute Gasteiger partial charge is 0.496 e. The van der Waals surface area contributed by atoms with Gasteiger partial charge in [0.1, 0.15) is 11.5 Å². The summed E-state index contributed by atoms with van der Waals surface area (Å²) in [6.07, 6.45) is 0.108. The first-order chi connectivity index (χ1) is 12.4. The highest BCUT2D eigenvalue weighted by molar-refractivity contribution is 5.94. The number of hydrogen-bond acceptors (Lipinski definition) is 4. The Morgan fingerprint density at radius 2 is 1.70 bits per heavy atom. The molecule has 27 heavy (non-hydrogen) atoms. The van der Waals surface area contributed by atoms with Gasteiger partial charge in [-0.3, -0.25) is 4.79 Å². The molecule has 0 aromatic heterocycles. The third kappa shape index (κ3) is 6.45. The van der Waals surface area contributed by atoms with Crippen LogP contribution >= 0.6 is 12.4 Å². The molecule has 0 saturated carbocycles. The van der Waals surface area contributed by atoms with Gasteiger partial charge < -0.3 is 19.7 Å². The van der Waals surface area contributed by atoms with Crippen molar-refractivity contribution in [3.05, 3.63) is 59.7 Å². The molecule has 1 atom stereocenters. The van der Waals surface area contributed by atoms with E-state index >= 15 is 0 Å². The molecule has 1 N–H and O–H groups in total. The van der Waals surface area contributed by atoms with Crippen LogP contribution in [0.4, 0.5) is 0 Å². The van der Waals surface area contributed by atoms with E-state index in [1.165, 1.54) is 0 Å². The minimum atomic E-state index is -0.108. The third-order valence-corrected chi connectivity index (χ3v) is 4.07. The smallest absolute Gasteiger partial charge is 0.251 e. The number of methoxy groups -OCH3 is 1. The number of amides is 1. The molecule has 0 saturated heterocycles. The van der Waals surface area contributed by atoms with Crippen molar-refractivity contribution in [2.45, 2.75) is 26.0 Å². The van der Waals surface area contributed by atoms with E-state index in [4.69, 9.17) is 9.47 Å². The van der Waals surface area contributed by atoms with Crippen LogP contribution in [0.1, 0.15) is 35.8 Å². The highest BCUT2D eigenvalue weighted by atomic mass is 35.5. The predicted molar refractivity (Wildman–Crippen MR) is 111 cm³/mol. The Morgan fingerprint density at radius 1 is 1.07 bits per heavy atom. The van der Waals surface area contributed by atoms with Crippen LogP contribution in [0.2, 0.25) is 0 Å². The molecule has 0 bridgehead atoms. The van der Waals surface area contributed by atoms with Crippen molar-refractivity contribution in [3.63, 3.8) is 0 Å². The number of carbonyl (C=O) groups is 1. The maximum absolute atomic E-state index is 12.5. The fourth-order valence-corrected chi connectivity index (χ4v) is 2.76. The summed E-state index contributed by atoms with van der Waals surface area (Å²) in [5.74, 6) is 1.47. The molecule has 2 rings (SSSR count). The van der Waals surface area contributed by atoms with Crippen LogP contribution in [0.15, 0.2) is 48.5 Å². The summed E-state index contributed by atoms with van der Waals surface area (Å²) in [5, 5.41) is 3.01. The van der Waals surface area contributed by atoms with Gasteiger partial charge in [0, 0.05) is 17.7 Å². The zero-order valence-corrected chi connectivity index (χ0v) is 17.4. The predicted octanol–water partition coefficient (Wildman–Crippen LogP) is 3.94. The Morgan fingerprint density at radius 3 is 2.26 bits per heavy atom. The highest BCUT2D eigenvalue weighted by Crippen LogP contribution is 2.27. The van der Waals surface area contributed by atoms with Crippen molar-refractivity contribution >= 4 is 18.3 Å².